The lowest BCUT2D eigenvalue weighted by Gasteiger charge is -2.37. The Morgan fingerprint density at radius 2 is 1.59 bits per heavy atom. The molecule has 5 rings (SSSR count). The van der Waals surface area contributed by atoms with Gasteiger partial charge in [-0.05, 0) is 81.9 Å². The van der Waals surface area contributed by atoms with Crippen molar-refractivity contribution in [2.24, 2.45) is 5.92 Å². The van der Waals surface area contributed by atoms with Crippen molar-refractivity contribution in [1.82, 2.24) is 39.8 Å². The Balaban J connectivity index is 1.34. The summed E-state index contributed by atoms with van der Waals surface area (Å²) in [6, 6.07) is 8.20. The van der Waals surface area contributed by atoms with Crippen molar-refractivity contribution in [2.75, 3.05) is 38.5 Å². The third kappa shape index (κ3) is 8.53. The average Bonchev–Trinajstić information content (AvgIpc) is 3.75. The van der Waals surface area contributed by atoms with Crippen LogP contribution in [0.15, 0.2) is 42.7 Å². The summed E-state index contributed by atoms with van der Waals surface area (Å²) in [5.41, 5.74) is 0.661. The zero-order valence-electron chi connectivity index (χ0n) is 29.1. The van der Waals surface area contributed by atoms with Gasteiger partial charge in [-0.1, -0.05) is 49.2 Å². The number of likely N-dealkylation sites (N-methyl/N-ethyl adjacent to an activating group) is 1. The van der Waals surface area contributed by atoms with Gasteiger partial charge in [-0.25, -0.2) is 0 Å². The molecule has 1 saturated carbocycles. The fourth-order valence-electron chi connectivity index (χ4n) is 6.83. The third-order valence-corrected chi connectivity index (χ3v) is 10.7. The Hall–Kier alpha value is -4.17. The molecule has 14 heteroatoms. The number of nitrogens with one attached hydrogen (secondary N) is 3. The number of rotatable bonds is 11. The van der Waals surface area contributed by atoms with Gasteiger partial charge < -0.3 is 25.8 Å². The molecule has 1 saturated heterocycles. The Morgan fingerprint density at radius 3 is 2.20 bits per heavy atom. The zero-order valence-corrected chi connectivity index (χ0v) is 30.0. The van der Waals surface area contributed by atoms with E-state index in [9.17, 15) is 19.2 Å². The van der Waals surface area contributed by atoms with Crippen LogP contribution in [0.2, 0.25) is 0 Å². The van der Waals surface area contributed by atoms with Crippen molar-refractivity contribution in [2.45, 2.75) is 89.8 Å². The Kier molecular flexibility index (Phi) is 11.8. The van der Waals surface area contributed by atoms with Crippen LogP contribution in [0.25, 0.3) is 0 Å². The number of hydrogen-bond acceptors (Lipinski definition) is 9. The highest BCUT2D eigenvalue weighted by Gasteiger charge is 2.43. The lowest BCUT2D eigenvalue weighted by Crippen LogP contribution is -2.59. The lowest BCUT2D eigenvalue weighted by molar-refractivity contribution is -0.135. The van der Waals surface area contributed by atoms with Gasteiger partial charge in [0.1, 0.15) is 22.2 Å². The van der Waals surface area contributed by atoms with Crippen LogP contribution in [-0.4, -0.2) is 97.6 Å². The first kappa shape index (κ1) is 36.1. The van der Waals surface area contributed by atoms with E-state index in [4.69, 9.17) is 0 Å². The fraction of sp³-hybridized carbons (Fsp3) is 0.571. The minimum Gasteiger partial charge on any atom is -0.339 e. The number of anilines is 1. The van der Waals surface area contributed by atoms with E-state index in [2.05, 4.69) is 35.5 Å². The van der Waals surface area contributed by atoms with Gasteiger partial charge in [0.2, 0.25) is 11.8 Å². The second kappa shape index (κ2) is 16.0. The van der Waals surface area contributed by atoms with E-state index in [0.717, 1.165) is 68.7 Å². The Bertz CT molecular complexity index is 1580. The first-order valence-corrected chi connectivity index (χ1v) is 18.1. The van der Waals surface area contributed by atoms with Gasteiger partial charge in [-0.3, -0.25) is 23.9 Å². The molecule has 3 heterocycles. The molecule has 0 spiro atoms. The third-order valence-electron chi connectivity index (χ3n) is 10.1. The van der Waals surface area contributed by atoms with Crippen molar-refractivity contribution >= 4 is 40.8 Å². The van der Waals surface area contributed by atoms with Crippen molar-refractivity contribution < 1.29 is 19.2 Å². The fourth-order valence-corrected chi connectivity index (χ4v) is 7.25. The van der Waals surface area contributed by atoms with Gasteiger partial charge in [-0.15, -0.1) is 5.10 Å². The van der Waals surface area contributed by atoms with E-state index in [0.29, 0.717) is 29.3 Å². The molecule has 1 aliphatic carbocycles. The van der Waals surface area contributed by atoms with Crippen molar-refractivity contribution in [3.63, 3.8) is 0 Å². The van der Waals surface area contributed by atoms with Crippen LogP contribution in [0.1, 0.15) is 104 Å². The minimum absolute atomic E-state index is 0.0101. The van der Waals surface area contributed by atoms with Gasteiger partial charge in [0.25, 0.3) is 11.8 Å². The summed E-state index contributed by atoms with van der Waals surface area (Å²) in [5.74, 6) is -1.55. The van der Waals surface area contributed by atoms with Gasteiger partial charge in [0.15, 0.2) is 0 Å². The van der Waals surface area contributed by atoms with Crippen LogP contribution in [0.5, 0.6) is 0 Å². The number of piperazine rings is 1. The normalized spacial score (nSPS) is 18.6. The summed E-state index contributed by atoms with van der Waals surface area (Å²) in [6.07, 6.45) is 8.92. The topological polar surface area (TPSA) is 154 Å². The van der Waals surface area contributed by atoms with E-state index in [1.54, 1.807) is 34.0 Å². The van der Waals surface area contributed by atoms with Crippen molar-refractivity contribution in [3.05, 3.63) is 58.9 Å². The highest BCUT2D eigenvalue weighted by molar-refractivity contribution is 7.07. The standard InChI is InChI=1S/C35H49N9O4S/c1-23(2)44-28(16-17-37-44)31(45)40-35(4,26-10-8-6-7-9-11-26)34(48)38-27-14-12-25(13-15-27)24(3)30(39-32(46)29-22-36-41-49-29)33(47)43-20-18-42(5)19-21-43/h12-17,22-24,26,30H,6-11,18-21H2,1-5H3,(H,38,48)(H,39,46)(H,40,45)/t24-,30+,35+/m0/s1. The maximum absolute atomic E-state index is 14.2. The summed E-state index contributed by atoms with van der Waals surface area (Å²) in [5, 5.41) is 17.2. The first-order valence-electron chi connectivity index (χ1n) is 17.3. The number of benzene rings is 1. The van der Waals surface area contributed by atoms with Gasteiger partial charge >= 0.3 is 0 Å². The summed E-state index contributed by atoms with van der Waals surface area (Å²) in [7, 11) is 2.02. The summed E-state index contributed by atoms with van der Waals surface area (Å²) < 4.78 is 5.45. The summed E-state index contributed by atoms with van der Waals surface area (Å²) in [6.45, 7) is 10.3. The van der Waals surface area contributed by atoms with Gasteiger partial charge in [0.05, 0.1) is 6.20 Å². The van der Waals surface area contributed by atoms with Crippen LogP contribution in [0.3, 0.4) is 0 Å². The monoisotopic (exact) mass is 691 g/mol. The Morgan fingerprint density at radius 1 is 0.918 bits per heavy atom. The minimum atomic E-state index is -1.16. The quantitative estimate of drug-likeness (QED) is 0.254. The molecule has 1 aromatic carbocycles. The smallest absolute Gasteiger partial charge is 0.270 e. The molecule has 264 valence electrons. The molecule has 2 fully saturated rings. The predicted molar refractivity (Wildman–Crippen MR) is 188 cm³/mol. The number of carbonyl (C=O) groups excluding carboxylic acids is 4. The number of carbonyl (C=O) groups is 4. The second-order valence-electron chi connectivity index (χ2n) is 13.8. The molecule has 3 N–H and O–H groups in total. The van der Waals surface area contributed by atoms with E-state index in [-0.39, 0.29) is 35.6 Å². The largest absolute Gasteiger partial charge is 0.339 e. The van der Waals surface area contributed by atoms with Crippen LogP contribution in [0.4, 0.5) is 5.69 Å². The van der Waals surface area contributed by atoms with Crippen molar-refractivity contribution in [1.29, 1.82) is 0 Å². The van der Waals surface area contributed by atoms with Crippen LogP contribution < -0.4 is 16.0 Å². The van der Waals surface area contributed by atoms with E-state index >= 15 is 0 Å². The van der Waals surface area contributed by atoms with Crippen molar-refractivity contribution in [3.8, 4) is 0 Å². The molecule has 4 amide bonds. The molecule has 3 aromatic rings. The van der Waals surface area contributed by atoms with Crippen LogP contribution in [-0.2, 0) is 9.59 Å². The SMILES string of the molecule is CC(C)n1nccc1C(=O)N[C@@](C)(C(=O)Nc1ccc([C@H](C)[C@@H](NC(=O)c2cnns2)C(=O)N2CCN(C)CC2)cc1)C1CCCCCC1. The summed E-state index contributed by atoms with van der Waals surface area (Å²) in [4.78, 5) is 59.0. The Labute approximate surface area is 292 Å². The van der Waals surface area contributed by atoms with E-state index < -0.39 is 17.5 Å². The number of hydrogen-bond donors (Lipinski definition) is 3. The molecule has 49 heavy (non-hydrogen) atoms. The van der Waals surface area contributed by atoms with Crippen LogP contribution >= 0.6 is 11.5 Å². The molecule has 0 radical (unpaired) electrons. The average molecular weight is 692 g/mol. The molecular formula is C35H49N9O4S. The highest BCUT2D eigenvalue weighted by Crippen LogP contribution is 2.33. The van der Waals surface area contributed by atoms with Crippen LogP contribution in [0, 0.1) is 5.92 Å². The van der Waals surface area contributed by atoms with Gasteiger partial charge in [0, 0.05) is 50.0 Å². The second-order valence-corrected chi connectivity index (χ2v) is 14.6. The molecule has 2 aliphatic rings. The zero-order chi connectivity index (χ0) is 35.1. The molecule has 0 unspecified atom stereocenters. The van der Waals surface area contributed by atoms with E-state index in [1.165, 1.54) is 6.20 Å². The maximum atomic E-state index is 14.2. The number of aromatic nitrogens is 4. The first-order chi connectivity index (χ1) is 23.5. The molecule has 3 atom stereocenters. The van der Waals surface area contributed by atoms with E-state index in [1.807, 2.05) is 46.9 Å². The number of nitrogens with zero attached hydrogens (tertiary/aromatic N) is 6. The molecule has 13 nitrogen and oxygen atoms in total. The predicted octanol–water partition coefficient (Wildman–Crippen LogP) is 4.09. The maximum Gasteiger partial charge on any atom is 0.270 e. The molecular weight excluding hydrogens is 643 g/mol. The highest BCUT2D eigenvalue weighted by atomic mass is 32.1. The molecule has 2 aromatic heterocycles. The van der Waals surface area contributed by atoms with Gasteiger partial charge in [-0.2, -0.15) is 5.10 Å². The lowest BCUT2D eigenvalue weighted by atomic mass is 9.79. The summed E-state index contributed by atoms with van der Waals surface area (Å²) >= 11 is 0.978. The number of amides is 4. The molecule has 0 bridgehead atoms. The molecule has 1 aliphatic heterocycles.